The van der Waals surface area contributed by atoms with E-state index in [0.29, 0.717) is 16.4 Å². The molecular formula is C14H10ClN3O2. The van der Waals surface area contributed by atoms with Gasteiger partial charge in [0.1, 0.15) is 6.54 Å². The summed E-state index contributed by atoms with van der Waals surface area (Å²) in [5.41, 5.74) is 1.54. The van der Waals surface area contributed by atoms with Crippen molar-refractivity contribution >= 4 is 34.8 Å². The number of nitrogens with one attached hydrogen (secondary N) is 1. The highest BCUT2D eigenvalue weighted by Crippen LogP contribution is 2.30. The number of aromatic nitrogens is 1. The summed E-state index contributed by atoms with van der Waals surface area (Å²) in [6, 6.07) is 8.67. The Morgan fingerprint density at radius 2 is 2.10 bits per heavy atom. The fourth-order valence-corrected chi connectivity index (χ4v) is 2.28. The number of rotatable bonds is 1. The van der Waals surface area contributed by atoms with Crippen molar-refractivity contribution in [3.63, 3.8) is 0 Å². The van der Waals surface area contributed by atoms with Gasteiger partial charge < -0.3 is 5.32 Å². The zero-order chi connectivity index (χ0) is 14.1. The molecule has 0 radical (unpaired) electrons. The largest absolute Gasteiger partial charge is 0.323 e. The van der Waals surface area contributed by atoms with Gasteiger partial charge in [-0.1, -0.05) is 23.7 Å². The molecule has 0 bridgehead atoms. The minimum atomic E-state index is -0.342. The van der Waals surface area contributed by atoms with Gasteiger partial charge in [-0.3, -0.25) is 19.5 Å². The number of anilines is 2. The molecule has 3 rings (SSSR count). The van der Waals surface area contributed by atoms with Crippen molar-refractivity contribution in [1.29, 1.82) is 0 Å². The number of para-hydroxylation sites is 2. The van der Waals surface area contributed by atoms with E-state index in [1.165, 1.54) is 17.3 Å². The van der Waals surface area contributed by atoms with E-state index in [9.17, 15) is 9.59 Å². The van der Waals surface area contributed by atoms with E-state index in [4.69, 9.17) is 11.6 Å². The third kappa shape index (κ3) is 2.12. The summed E-state index contributed by atoms with van der Waals surface area (Å²) >= 11 is 6.01. The van der Waals surface area contributed by atoms with Gasteiger partial charge in [-0.2, -0.15) is 0 Å². The molecule has 0 saturated heterocycles. The van der Waals surface area contributed by atoms with Crippen LogP contribution >= 0.6 is 11.6 Å². The Bertz CT molecular complexity index is 702. The van der Waals surface area contributed by atoms with Crippen molar-refractivity contribution in [3.8, 4) is 0 Å². The number of amides is 2. The molecule has 2 heterocycles. The average molecular weight is 288 g/mol. The van der Waals surface area contributed by atoms with E-state index in [-0.39, 0.29) is 23.9 Å². The third-order valence-corrected chi connectivity index (χ3v) is 3.34. The summed E-state index contributed by atoms with van der Waals surface area (Å²) in [7, 11) is 0. The normalized spacial score (nSPS) is 13.7. The van der Waals surface area contributed by atoms with Crippen LogP contribution in [0.1, 0.15) is 10.4 Å². The topological polar surface area (TPSA) is 62.3 Å². The van der Waals surface area contributed by atoms with Crippen LogP contribution in [0.2, 0.25) is 5.02 Å². The molecular weight excluding hydrogens is 278 g/mol. The fraction of sp³-hybridized carbons (Fsp3) is 0.0714. The van der Waals surface area contributed by atoms with Gasteiger partial charge in [0.2, 0.25) is 5.91 Å². The quantitative estimate of drug-likeness (QED) is 0.875. The maximum Gasteiger partial charge on any atom is 0.261 e. The molecule has 2 amide bonds. The van der Waals surface area contributed by atoms with E-state index in [1.54, 1.807) is 30.3 Å². The lowest BCUT2D eigenvalue weighted by Gasteiger charge is -2.29. The molecule has 0 unspecified atom stereocenters. The predicted octanol–water partition coefficient (Wildman–Crippen LogP) is 2.33. The molecule has 0 spiro atoms. The van der Waals surface area contributed by atoms with Gasteiger partial charge in [-0.05, 0) is 18.2 Å². The molecule has 1 aromatic carbocycles. The first-order valence-corrected chi connectivity index (χ1v) is 6.35. The van der Waals surface area contributed by atoms with Gasteiger partial charge in [-0.25, -0.2) is 0 Å². The lowest BCUT2D eigenvalue weighted by atomic mass is 10.1. The molecule has 0 fully saturated rings. The van der Waals surface area contributed by atoms with Crippen LogP contribution in [-0.2, 0) is 4.79 Å². The zero-order valence-electron chi connectivity index (χ0n) is 10.3. The second-order valence-electron chi connectivity index (χ2n) is 4.31. The van der Waals surface area contributed by atoms with E-state index >= 15 is 0 Å². The summed E-state index contributed by atoms with van der Waals surface area (Å²) in [5, 5.41) is 3.04. The van der Waals surface area contributed by atoms with E-state index in [0.717, 1.165) is 0 Å². The molecule has 0 atom stereocenters. The summed E-state index contributed by atoms with van der Waals surface area (Å²) < 4.78 is 0. The van der Waals surface area contributed by atoms with E-state index < -0.39 is 0 Å². The van der Waals surface area contributed by atoms with E-state index in [2.05, 4.69) is 10.3 Å². The number of carbonyl (C=O) groups is 2. The number of hydrogen-bond donors (Lipinski definition) is 1. The Morgan fingerprint density at radius 1 is 1.30 bits per heavy atom. The molecule has 1 aliphatic heterocycles. The van der Waals surface area contributed by atoms with Crippen molar-refractivity contribution in [2.24, 2.45) is 0 Å². The number of benzene rings is 1. The molecule has 100 valence electrons. The van der Waals surface area contributed by atoms with Gasteiger partial charge in [0.05, 0.1) is 22.0 Å². The average Bonchev–Trinajstić information content (AvgIpc) is 2.46. The van der Waals surface area contributed by atoms with Crippen LogP contribution in [0.3, 0.4) is 0 Å². The van der Waals surface area contributed by atoms with Crippen molar-refractivity contribution in [2.45, 2.75) is 0 Å². The SMILES string of the molecule is O=C1CN(C(=O)c2cnccc2Cl)c2ccccc2N1. The Kier molecular flexibility index (Phi) is 3.12. The second kappa shape index (κ2) is 4.94. The third-order valence-electron chi connectivity index (χ3n) is 3.01. The van der Waals surface area contributed by atoms with Crippen LogP contribution in [0.25, 0.3) is 0 Å². The van der Waals surface area contributed by atoms with Crippen LogP contribution in [0.5, 0.6) is 0 Å². The summed E-state index contributed by atoms with van der Waals surface area (Å²) in [4.78, 5) is 29.6. The number of halogens is 1. The summed E-state index contributed by atoms with van der Waals surface area (Å²) in [6.45, 7) is -0.0406. The van der Waals surface area contributed by atoms with Crippen LogP contribution in [-0.4, -0.2) is 23.3 Å². The van der Waals surface area contributed by atoms with Gasteiger partial charge in [-0.15, -0.1) is 0 Å². The lowest BCUT2D eigenvalue weighted by molar-refractivity contribution is -0.115. The Hall–Kier alpha value is -2.40. The van der Waals surface area contributed by atoms with Crippen LogP contribution in [0.15, 0.2) is 42.7 Å². The molecule has 1 aliphatic rings. The molecule has 5 nitrogen and oxygen atoms in total. The monoisotopic (exact) mass is 287 g/mol. The number of pyridine rings is 1. The minimum Gasteiger partial charge on any atom is -0.323 e. The molecule has 2 aromatic rings. The first kappa shape index (κ1) is 12.6. The highest BCUT2D eigenvalue weighted by atomic mass is 35.5. The van der Waals surface area contributed by atoms with Gasteiger partial charge in [0.25, 0.3) is 5.91 Å². The Morgan fingerprint density at radius 3 is 2.90 bits per heavy atom. The molecule has 0 aliphatic carbocycles. The number of fused-ring (bicyclic) bond motifs is 1. The summed E-state index contributed by atoms with van der Waals surface area (Å²) in [6.07, 6.45) is 2.91. The Balaban J connectivity index is 2.05. The molecule has 0 saturated carbocycles. The number of carbonyl (C=O) groups excluding carboxylic acids is 2. The first-order valence-electron chi connectivity index (χ1n) is 5.97. The minimum absolute atomic E-state index is 0.0406. The van der Waals surface area contributed by atoms with Crippen LogP contribution in [0, 0.1) is 0 Å². The first-order chi connectivity index (χ1) is 9.66. The highest BCUT2D eigenvalue weighted by molar-refractivity contribution is 6.34. The smallest absolute Gasteiger partial charge is 0.261 e. The summed E-state index contributed by atoms with van der Waals surface area (Å²) in [5.74, 6) is -0.581. The van der Waals surface area contributed by atoms with Crippen molar-refractivity contribution in [3.05, 3.63) is 53.3 Å². The van der Waals surface area contributed by atoms with Gasteiger partial charge in [0.15, 0.2) is 0 Å². The molecule has 6 heteroatoms. The molecule has 20 heavy (non-hydrogen) atoms. The van der Waals surface area contributed by atoms with Crippen LogP contribution < -0.4 is 10.2 Å². The maximum absolute atomic E-state index is 12.6. The zero-order valence-corrected chi connectivity index (χ0v) is 11.1. The van der Waals surface area contributed by atoms with E-state index in [1.807, 2.05) is 0 Å². The predicted molar refractivity (Wildman–Crippen MR) is 76.0 cm³/mol. The molecule has 1 N–H and O–H groups in total. The van der Waals surface area contributed by atoms with Gasteiger partial charge >= 0.3 is 0 Å². The Labute approximate surface area is 120 Å². The molecule has 1 aromatic heterocycles. The van der Waals surface area contributed by atoms with Crippen molar-refractivity contribution < 1.29 is 9.59 Å². The highest BCUT2D eigenvalue weighted by Gasteiger charge is 2.28. The fourth-order valence-electron chi connectivity index (χ4n) is 2.09. The lowest BCUT2D eigenvalue weighted by Crippen LogP contribution is -2.42. The number of nitrogens with zero attached hydrogens (tertiary/aromatic N) is 2. The van der Waals surface area contributed by atoms with Crippen molar-refractivity contribution in [2.75, 3.05) is 16.8 Å². The number of hydrogen-bond acceptors (Lipinski definition) is 3. The van der Waals surface area contributed by atoms with Gasteiger partial charge in [0, 0.05) is 12.4 Å². The maximum atomic E-state index is 12.6. The van der Waals surface area contributed by atoms with Crippen molar-refractivity contribution in [1.82, 2.24) is 4.98 Å². The van der Waals surface area contributed by atoms with Crippen LogP contribution in [0.4, 0.5) is 11.4 Å². The standard InChI is InChI=1S/C14H10ClN3O2/c15-10-5-6-16-7-9(10)14(20)18-8-13(19)17-11-3-1-2-4-12(11)18/h1-7H,8H2,(H,17,19). The second-order valence-corrected chi connectivity index (χ2v) is 4.72.